The first-order chi connectivity index (χ1) is 14.8. The van der Waals surface area contributed by atoms with Gasteiger partial charge in [-0.3, -0.25) is 4.57 Å². The lowest BCUT2D eigenvalue weighted by Gasteiger charge is -2.12. The number of fused-ring (bicyclic) bond motifs is 1. The topological polar surface area (TPSA) is 64.9 Å². The van der Waals surface area contributed by atoms with Gasteiger partial charge in [0, 0.05) is 23.2 Å². The Bertz CT molecular complexity index is 1220. The third-order valence-electron chi connectivity index (χ3n) is 4.49. The summed E-state index contributed by atoms with van der Waals surface area (Å²) in [6.45, 7) is 0.0289. The van der Waals surface area contributed by atoms with Gasteiger partial charge >= 0.3 is 6.18 Å². The summed E-state index contributed by atoms with van der Waals surface area (Å²) in [6, 6.07) is 8.71. The number of ether oxygens (including phenoxy) is 1. The number of methoxy groups -OCH3 is 1. The number of imidazole rings is 1. The molecule has 6 nitrogen and oxygen atoms in total. The van der Waals surface area contributed by atoms with Gasteiger partial charge in [-0.15, -0.1) is 0 Å². The minimum absolute atomic E-state index is 0.0289. The van der Waals surface area contributed by atoms with Crippen LogP contribution >= 0.6 is 11.6 Å². The number of anilines is 1. The van der Waals surface area contributed by atoms with E-state index in [1.807, 2.05) is 0 Å². The van der Waals surface area contributed by atoms with Gasteiger partial charge in [0.2, 0.25) is 5.82 Å². The molecule has 4 rings (SSSR count). The van der Waals surface area contributed by atoms with Crippen LogP contribution in [-0.4, -0.2) is 26.6 Å². The van der Waals surface area contributed by atoms with Crippen molar-refractivity contribution in [1.29, 1.82) is 0 Å². The van der Waals surface area contributed by atoms with Crippen LogP contribution in [0.25, 0.3) is 16.9 Å². The van der Waals surface area contributed by atoms with Crippen molar-refractivity contribution in [3.8, 4) is 11.6 Å². The molecular weight excluding hydrogens is 438 g/mol. The number of halogens is 5. The number of alkyl halides is 3. The predicted molar refractivity (Wildman–Crippen MR) is 107 cm³/mol. The van der Waals surface area contributed by atoms with E-state index in [1.54, 1.807) is 6.07 Å². The molecule has 160 valence electrons. The molecule has 0 amide bonds. The van der Waals surface area contributed by atoms with Crippen molar-refractivity contribution in [2.45, 2.75) is 12.7 Å². The minimum atomic E-state index is -4.72. The van der Waals surface area contributed by atoms with E-state index >= 15 is 0 Å². The van der Waals surface area contributed by atoms with Gasteiger partial charge in [-0.1, -0.05) is 17.7 Å². The number of hydrogen-bond donors (Lipinski definition) is 1. The van der Waals surface area contributed by atoms with E-state index in [2.05, 4.69) is 20.3 Å². The smallest absolute Gasteiger partial charge is 0.450 e. The molecule has 0 aliphatic carbocycles. The zero-order valence-electron chi connectivity index (χ0n) is 15.9. The third-order valence-corrected chi connectivity index (χ3v) is 4.84. The molecule has 0 aliphatic rings. The molecule has 0 bridgehead atoms. The first kappa shape index (κ1) is 20.9. The fraction of sp³-hybridized carbons (Fsp3) is 0.150. The summed E-state index contributed by atoms with van der Waals surface area (Å²) in [5.41, 5.74) is 0.537. The van der Waals surface area contributed by atoms with Crippen molar-refractivity contribution in [3.63, 3.8) is 0 Å². The summed E-state index contributed by atoms with van der Waals surface area (Å²) in [7, 11) is 1.41. The highest BCUT2D eigenvalue weighted by Crippen LogP contribution is 2.34. The van der Waals surface area contributed by atoms with Gasteiger partial charge < -0.3 is 10.1 Å². The van der Waals surface area contributed by atoms with E-state index in [4.69, 9.17) is 16.3 Å². The lowest BCUT2D eigenvalue weighted by Crippen LogP contribution is -2.15. The highest BCUT2D eigenvalue weighted by Gasteiger charge is 2.38. The molecule has 0 unspecified atom stereocenters. The van der Waals surface area contributed by atoms with Crippen molar-refractivity contribution in [2.75, 3.05) is 12.4 Å². The number of aromatic nitrogens is 4. The van der Waals surface area contributed by atoms with Crippen molar-refractivity contribution in [3.05, 3.63) is 71.0 Å². The summed E-state index contributed by atoms with van der Waals surface area (Å²) in [6.07, 6.45) is -2.29. The highest BCUT2D eigenvalue weighted by molar-refractivity contribution is 6.31. The lowest BCUT2D eigenvalue weighted by molar-refractivity contribution is -0.145. The molecular formula is C20H14ClF4N5O. The highest BCUT2D eigenvalue weighted by atomic mass is 35.5. The molecule has 4 aromatic rings. The number of benzene rings is 2. The molecule has 2 aromatic heterocycles. The Morgan fingerprint density at radius 2 is 1.94 bits per heavy atom. The van der Waals surface area contributed by atoms with E-state index in [0.29, 0.717) is 5.75 Å². The van der Waals surface area contributed by atoms with Crippen LogP contribution in [0.2, 0.25) is 5.02 Å². The van der Waals surface area contributed by atoms with Gasteiger partial charge in [-0.25, -0.2) is 19.3 Å². The molecule has 0 radical (unpaired) electrons. The van der Waals surface area contributed by atoms with E-state index in [-0.39, 0.29) is 39.8 Å². The Labute approximate surface area is 178 Å². The quantitative estimate of drug-likeness (QED) is 0.420. The molecule has 0 saturated heterocycles. The van der Waals surface area contributed by atoms with E-state index in [9.17, 15) is 17.6 Å². The second-order valence-corrected chi connectivity index (χ2v) is 6.84. The molecule has 0 saturated carbocycles. The molecule has 0 aliphatic heterocycles. The average Bonchev–Trinajstić information content (AvgIpc) is 3.13. The molecule has 31 heavy (non-hydrogen) atoms. The summed E-state index contributed by atoms with van der Waals surface area (Å²) < 4.78 is 60.6. The molecule has 0 atom stereocenters. The normalized spacial score (nSPS) is 11.7. The maximum absolute atomic E-state index is 13.9. The monoisotopic (exact) mass is 451 g/mol. The van der Waals surface area contributed by atoms with Crippen LogP contribution in [-0.2, 0) is 12.7 Å². The van der Waals surface area contributed by atoms with Crippen molar-refractivity contribution < 1.29 is 22.3 Å². The van der Waals surface area contributed by atoms with Crippen molar-refractivity contribution in [2.24, 2.45) is 0 Å². The summed E-state index contributed by atoms with van der Waals surface area (Å²) in [4.78, 5) is 11.9. The third kappa shape index (κ3) is 4.11. The number of rotatable bonds is 5. The van der Waals surface area contributed by atoms with Crippen LogP contribution in [0.5, 0.6) is 5.75 Å². The largest absolute Gasteiger partial charge is 0.497 e. The van der Waals surface area contributed by atoms with Crippen LogP contribution in [0.4, 0.5) is 23.4 Å². The maximum Gasteiger partial charge on any atom is 0.450 e. The van der Waals surface area contributed by atoms with E-state index in [0.717, 1.165) is 4.57 Å². The van der Waals surface area contributed by atoms with Crippen LogP contribution in [0.15, 0.2) is 48.8 Å². The number of nitrogens with zero attached hydrogens (tertiary/aromatic N) is 4. The Hall–Kier alpha value is -3.40. The fourth-order valence-electron chi connectivity index (χ4n) is 3.02. The van der Waals surface area contributed by atoms with E-state index < -0.39 is 17.8 Å². The number of nitrogens with one attached hydrogen (secondary N) is 1. The predicted octanol–water partition coefficient (Wildman–Crippen LogP) is 5.25. The van der Waals surface area contributed by atoms with Crippen LogP contribution in [0.1, 0.15) is 11.4 Å². The summed E-state index contributed by atoms with van der Waals surface area (Å²) >= 11 is 5.98. The second kappa shape index (κ2) is 8.03. The SMILES string of the molecule is COc1ccc2c(c1)nc(C(F)(F)F)n2-c1cnc(NCc2c(F)cccc2Cl)cn1. The van der Waals surface area contributed by atoms with Crippen LogP contribution in [0, 0.1) is 5.82 Å². The first-order valence-corrected chi connectivity index (χ1v) is 9.28. The molecule has 2 heterocycles. The van der Waals surface area contributed by atoms with Gasteiger partial charge in [0.05, 0.1) is 30.5 Å². The van der Waals surface area contributed by atoms with Crippen molar-refractivity contribution in [1.82, 2.24) is 19.5 Å². The Kier molecular flexibility index (Phi) is 5.40. The zero-order valence-corrected chi connectivity index (χ0v) is 16.7. The van der Waals surface area contributed by atoms with Gasteiger partial charge in [-0.2, -0.15) is 13.2 Å². The lowest BCUT2D eigenvalue weighted by atomic mass is 10.2. The van der Waals surface area contributed by atoms with Crippen LogP contribution in [0.3, 0.4) is 0 Å². The first-order valence-electron chi connectivity index (χ1n) is 8.91. The molecule has 11 heteroatoms. The summed E-state index contributed by atoms with van der Waals surface area (Å²) in [5.74, 6) is -1.08. The zero-order chi connectivity index (χ0) is 22.2. The Morgan fingerprint density at radius 3 is 2.58 bits per heavy atom. The molecule has 2 aromatic carbocycles. The number of hydrogen-bond acceptors (Lipinski definition) is 5. The molecule has 1 N–H and O–H groups in total. The second-order valence-electron chi connectivity index (χ2n) is 6.44. The molecule has 0 spiro atoms. The minimum Gasteiger partial charge on any atom is -0.497 e. The van der Waals surface area contributed by atoms with Crippen LogP contribution < -0.4 is 10.1 Å². The van der Waals surface area contributed by atoms with Gasteiger partial charge in [-0.05, 0) is 24.3 Å². The Balaban J connectivity index is 1.67. The summed E-state index contributed by atoms with van der Waals surface area (Å²) in [5, 5.41) is 3.09. The molecule has 0 fully saturated rings. The van der Waals surface area contributed by atoms with Crippen molar-refractivity contribution >= 4 is 28.5 Å². The Morgan fingerprint density at radius 1 is 1.13 bits per heavy atom. The standard InChI is InChI=1S/C20H14ClF4N5O/c1-31-11-5-6-16-15(7-11)29-19(20(23,24)25)30(16)18-10-27-17(9-28-18)26-8-12-13(21)3-2-4-14(12)22/h2-7,9-10H,8H2,1H3,(H,26,27). The average molecular weight is 452 g/mol. The maximum atomic E-state index is 13.9. The van der Waals surface area contributed by atoms with Gasteiger partial charge in [0.25, 0.3) is 0 Å². The van der Waals surface area contributed by atoms with Gasteiger partial charge in [0.15, 0.2) is 5.82 Å². The fourth-order valence-corrected chi connectivity index (χ4v) is 3.25. The van der Waals surface area contributed by atoms with Gasteiger partial charge in [0.1, 0.15) is 17.4 Å². The van der Waals surface area contributed by atoms with E-state index in [1.165, 1.54) is 49.8 Å².